The van der Waals surface area contributed by atoms with Gasteiger partial charge in [0.05, 0.1) is 174 Å². The number of amides is 9. The summed E-state index contributed by atoms with van der Waals surface area (Å²) < 4.78 is 73.2. The molecule has 0 bridgehead atoms. The van der Waals surface area contributed by atoms with Crippen LogP contribution in [-0.4, -0.2) is 257 Å². The number of ether oxygens (including phenoxy) is 13. The molecule has 0 radical (unpaired) electrons. The topological polar surface area (TPSA) is 367 Å². The third-order valence-electron chi connectivity index (χ3n) is 16.2. The van der Waals surface area contributed by atoms with Gasteiger partial charge in [0.2, 0.25) is 23.6 Å². The van der Waals surface area contributed by atoms with Crippen molar-refractivity contribution in [2.45, 2.75) is 83.8 Å². The highest BCUT2D eigenvalue weighted by Gasteiger charge is 2.45. The molecule has 0 fully saturated rings. The van der Waals surface area contributed by atoms with Crippen LogP contribution >= 0.6 is 0 Å². The van der Waals surface area contributed by atoms with Crippen LogP contribution in [0.25, 0.3) is 0 Å². The molecule has 1 unspecified atom stereocenters. The first-order valence-electron chi connectivity index (χ1n) is 33.7. The van der Waals surface area contributed by atoms with Gasteiger partial charge in [-0.2, -0.15) is 0 Å². The molecule has 8 rings (SSSR count). The van der Waals surface area contributed by atoms with Crippen LogP contribution in [0.15, 0.2) is 89.2 Å². The molecular weight excluding hydrogens is 1330 g/mol. The lowest BCUT2D eigenvalue weighted by Crippen LogP contribution is -2.50. The molecule has 4 atom stereocenters. The summed E-state index contributed by atoms with van der Waals surface area (Å²) in [7, 11) is 2.90. The monoisotopic (exact) mass is 1430 g/mol. The van der Waals surface area contributed by atoms with Gasteiger partial charge in [-0.25, -0.2) is 9.69 Å². The summed E-state index contributed by atoms with van der Waals surface area (Å²) >= 11 is 0. The predicted molar refractivity (Wildman–Crippen MR) is 365 cm³/mol. The Kier molecular flexibility index (Phi) is 31.4. The maximum Gasteiger partial charge on any atom is 0.416 e. The van der Waals surface area contributed by atoms with Crippen LogP contribution in [0.4, 0.5) is 21.9 Å². The summed E-state index contributed by atoms with van der Waals surface area (Å²) in [6.45, 7) is 10.7. The summed E-state index contributed by atoms with van der Waals surface area (Å²) in [4.78, 5) is 125. The number of benzene rings is 3. The maximum atomic E-state index is 14.2. The lowest BCUT2D eigenvalue weighted by atomic mass is 10.1. The Bertz CT molecular complexity index is 3490. The number of aliphatic hydroxyl groups excluding tert-OH is 1. The fraction of sp³-hybridized carbons (Fsp3) is 0.514. The number of hydrogen-bond donors (Lipinski definition) is 5. The summed E-state index contributed by atoms with van der Waals surface area (Å²) in [5, 5.41) is 22.4. The second kappa shape index (κ2) is 40.9. The molecule has 0 aliphatic carbocycles. The molecule has 32 nitrogen and oxygen atoms in total. The first kappa shape index (κ1) is 78.3. The number of fused-ring (bicyclic) bond motifs is 4. The zero-order valence-corrected chi connectivity index (χ0v) is 58.1. The molecule has 0 spiro atoms. The molecule has 3 aromatic carbocycles. The molecule has 5 heterocycles. The fourth-order valence-electron chi connectivity index (χ4n) is 10.9. The lowest BCUT2D eigenvalue weighted by Gasteiger charge is -2.31. The van der Waals surface area contributed by atoms with Crippen molar-refractivity contribution in [3.63, 3.8) is 0 Å². The molecule has 0 saturated carbocycles. The second-order valence-corrected chi connectivity index (χ2v) is 23.8. The van der Waals surface area contributed by atoms with Crippen molar-refractivity contribution in [1.29, 1.82) is 0 Å². The fourth-order valence-corrected chi connectivity index (χ4v) is 10.9. The molecule has 102 heavy (non-hydrogen) atoms. The second-order valence-electron chi connectivity index (χ2n) is 23.8. The molecule has 3 aromatic rings. The first-order valence-corrected chi connectivity index (χ1v) is 33.7. The van der Waals surface area contributed by atoms with Crippen molar-refractivity contribution in [2.75, 3.05) is 163 Å². The Morgan fingerprint density at radius 3 is 1.70 bits per heavy atom. The smallest absolute Gasteiger partial charge is 0.416 e. The van der Waals surface area contributed by atoms with E-state index in [4.69, 9.17) is 61.6 Å². The number of aliphatic hydroxyl groups is 1. The Labute approximate surface area is 590 Å². The van der Waals surface area contributed by atoms with Crippen LogP contribution in [-0.2, 0) is 78.0 Å². The number of carbonyl (C=O) groups is 9. The van der Waals surface area contributed by atoms with Crippen molar-refractivity contribution in [3.8, 4) is 23.0 Å². The van der Waals surface area contributed by atoms with Crippen LogP contribution in [0, 0.1) is 0 Å². The minimum Gasteiger partial charge on any atom is -0.493 e. The lowest BCUT2D eigenvalue weighted by molar-refractivity contribution is -0.137. The quantitative estimate of drug-likeness (QED) is 0.0399. The van der Waals surface area contributed by atoms with Gasteiger partial charge in [-0.1, -0.05) is 23.3 Å². The van der Waals surface area contributed by atoms with Crippen molar-refractivity contribution in [2.24, 2.45) is 4.99 Å². The van der Waals surface area contributed by atoms with Gasteiger partial charge in [0.25, 0.3) is 23.6 Å². The van der Waals surface area contributed by atoms with E-state index in [1.165, 1.54) is 50.3 Å². The summed E-state index contributed by atoms with van der Waals surface area (Å²) in [6, 6.07) is 10.6. The minimum absolute atomic E-state index is 0.00637. The molecule has 5 N–H and O–H groups in total. The third-order valence-corrected chi connectivity index (χ3v) is 16.2. The standard InChI is InChI=1S/C70H91N9O23/c1-46-35-51-41-72-54-39-59(57(90-4)37-52(54)67(86)77(51)43-46)100-17-6-18-101-60-40-55-53(38-58(60)91-5)68(87)78-44-47(2)36-56(78)69(88)79(55)70(89)102-45-49-7-9-50(10-8-49)75-66(85)48(3)74-63(82)42-73-62(81)14-19-92-21-23-94-25-27-96-29-31-98-33-34-99-32-30-97-28-26-95-24-22-93-20-15-71-61(80)13-16-76-64(83)11-12-65(76)84/h7-12,37-41,43-44,48,51,56,69,88H,6,13-36,42,45H2,1-5H3,(H,71,80)(H,73,81)(H,74,82)(H,75,85)/t48-,51?,56-,69-/m0/s1. The third kappa shape index (κ3) is 23.6. The van der Waals surface area contributed by atoms with Gasteiger partial charge in [0, 0.05) is 80.9 Å². The van der Waals surface area contributed by atoms with Gasteiger partial charge >= 0.3 is 6.09 Å². The molecule has 5 aliphatic heterocycles. The zero-order valence-electron chi connectivity index (χ0n) is 58.1. The average molecular weight is 1430 g/mol. The van der Waals surface area contributed by atoms with Crippen molar-refractivity contribution < 1.29 is 110 Å². The number of nitrogens with one attached hydrogen (secondary N) is 4. The highest BCUT2D eigenvalue weighted by atomic mass is 16.6. The molecule has 0 saturated heterocycles. The normalized spacial score (nSPS) is 16.9. The predicted octanol–water partition coefficient (Wildman–Crippen LogP) is 3.49. The number of imide groups is 1. The van der Waals surface area contributed by atoms with E-state index in [-0.39, 0.29) is 113 Å². The molecule has 554 valence electrons. The SMILES string of the molecule is COc1cc2c(cc1OCCCOc1cc3c(cc1OC)C(=O)N1C=C(C)C[C@H]1[C@H](O)N3C(=O)OCc1ccc(NC(=O)[C@H](C)NC(=O)CNC(=O)CCOCCOCCOCCOCCOCCOCCOCCOCCNC(=O)CCN3C(=O)C=CC3=O)cc1)N=CC1CC(C)=CN1C2=O. The van der Waals surface area contributed by atoms with E-state index in [1.807, 2.05) is 20.0 Å². The number of methoxy groups -OCH3 is 2. The average Bonchev–Trinajstić information content (AvgIpc) is 1.58. The van der Waals surface area contributed by atoms with Gasteiger partial charge in [0.1, 0.15) is 12.6 Å². The van der Waals surface area contributed by atoms with Gasteiger partial charge in [-0.05, 0) is 63.4 Å². The molecule has 0 aromatic heterocycles. The largest absolute Gasteiger partial charge is 0.493 e. The van der Waals surface area contributed by atoms with Gasteiger partial charge in [-0.3, -0.25) is 48.2 Å². The summed E-state index contributed by atoms with van der Waals surface area (Å²) in [6.07, 6.45) is 6.45. The van der Waals surface area contributed by atoms with Gasteiger partial charge < -0.3 is 97.8 Å². The van der Waals surface area contributed by atoms with Crippen molar-refractivity contribution in [3.05, 3.63) is 101 Å². The Morgan fingerprint density at radius 1 is 0.588 bits per heavy atom. The molecular formula is C70H91N9O23. The zero-order chi connectivity index (χ0) is 72.8. The van der Waals surface area contributed by atoms with E-state index < -0.39 is 59.8 Å². The number of carbonyl (C=O) groups excluding carboxylic acids is 9. The van der Waals surface area contributed by atoms with Crippen molar-refractivity contribution >= 4 is 76.6 Å². The Hall–Kier alpha value is -9.38. The first-order chi connectivity index (χ1) is 49.4. The molecule has 9 amide bonds. The van der Waals surface area contributed by atoms with Crippen LogP contribution in [0.3, 0.4) is 0 Å². The van der Waals surface area contributed by atoms with Gasteiger partial charge in [0.15, 0.2) is 29.2 Å². The van der Waals surface area contributed by atoms with Crippen LogP contribution in [0.1, 0.15) is 79.2 Å². The van der Waals surface area contributed by atoms with E-state index in [1.54, 1.807) is 53.7 Å². The van der Waals surface area contributed by atoms with Crippen molar-refractivity contribution in [1.82, 2.24) is 30.7 Å². The van der Waals surface area contributed by atoms with E-state index in [0.717, 1.165) is 20.9 Å². The van der Waals surface area contributed by atoms with Gasteiger partial charge in [-0.15, -0.1) is 0 Å². The summed E-state index contributed by atoms with van der Waals surface area (Å²) in [5.41, 5.74) is 3.72. The highest BCUT2D eigenvalue weighted by Crippen LogP contribution is 2.43. The molecule has 5 aliphatic rings. The van der Waals surface area contributed by atoms with Crippen LogP contribution < -0.4 is 45.1 Å². The molecule has 32 heteroatoms. The summed E-state index contributed by atoms with van der Waals surface area (Å²) in [5.74, 6) is -2.22. The van der Waals surface area contributed by atoms with Crippen LogP contribution in [0.2, 0.25) is 0 Å². The van der Waals surface area contributed by atoms with E-state index in [9.17, 15) is 48.3 Å². The highest BCUT2D eigenvalue weighted by molar-refractivity contribution is 6.13. The number of nitrogens with zero attached hydrogens (tertiary/aromatic N) is 5. The van der Waals surface area contributed by atoms with E-state index in [0.29, 0.717) is 139 Å². The number of rotatable bonds is 45. The van der Waals surface area contributed by atoms with E-state index >= 15 is 0 Å². The number of anilines is 2. The minimum atomic E-state index is -1.54. The number of aliphatic imine (C=N–C) groups is 1. The Morgan fingerprint density at radius 2 is 1.11 bits per heavy atom. The Balaban J connectivity index is 0.630. The van der Waals surface area contributed by atoms with Crippen LogP contribution in [0.5, 0.6) is 23.0 Å². The van der Waals surface area contributed by atoms with E-state index in [2.05, 4.69) is 26.3 Å². The maximum absolute atomic E-state index is 14.2. The number of hydrogen-bond acceptors (Lipinski definition) is 24.